The number of aliphatic imine (C=N–C) groups is 1. The number of amidine groups is 1. The molecule has 0 spiro atoms. The van der Waals surface area contributed by atoms with Crippen molar-refractivity contribution in [1.82, 2.24) is 15.0 Å². The van der Waals surface area contributed by atoms with Gasteiger partial charge < -0.3 is 5.32 Å². The van der Waals surface area contributed by atoms with Gasteiger partial charge in [0.15, 0.2) is 11.1 Å². The third-order valence-electron chi connectivity index (χ3n) is 2.62. The lowest BCUT2D eigenvalue weighted by Gasteiger charge is -2.16. The first-order chi connectivity index (χ1) is 8.25. The Morgan fingerprint density at radius 3 is 2.82 bits per heavy atom. The Kier molecular flexibility index (Phi) is 2.33. The van der Waals surface area contributed by atoms with Crippen molar-refractivity contribution in [2.24, 2.45) is 4.99 Å². The van der Waals surface area contributed by atoms with E-state index in [9.17, 15) is 0 Å². The molecule has 0 saturated carbocycles. The molecule has 1 unspecified atom stereocenters. The number of aromatic nitrogens is 3. The molecule has 1 aromatic carbocycles. The van der Waals surface area contributed by atoms with Crippen LogP contribution in [0.25, 0.3) is 5.69 Å². The van der Waals surface area contributed by atoms with E-state index in [1.165, 1.54) is 0 Å². The first kappa shape index (κ1) is 10.3. The lowest BCUT2D eigenvalue weighted by atomic mass is 10.2. The average molecular weight is 248 g/mol. The van der Waals surface area contributed by atoms with Gasteiger partial charge in [0, 0.05) is 0 Å². The van der Waals surface area contributed by atoms with E-state index in [4.69, 9.17) is 11.6 Å². The molecular weight excluding hydrogens is 238 g/mol. The maximum absolute atomic E-state index is 5.93. The van der Waals surface area contributed by atoms with Crippen molar-refractivity contribution < 1.29 is 0 Å². The zero-order chi connectivity index (χ0) is 11.8. The standard InChI is InChI=1S/C11H10ClN5/c1-7-9-10(14-11(12)13-7)17(16-15-9)8-5-3-2-4-6-8/h2-7H,1H3,(H,13,14). The van der Waals surface area contributed by atoms with Crippen LogP contribution >= 0.6 is 11.6 Å². The highest BCUT2D eigenvalue weighted by atomic mass is 35.5. The smallest absolute Gasteiger partial charge is 0.197 e. The quantitative estimate of drug-likeness (QED) is 0.787. The number of hydrogen-bond acceptors (Lipinski definition) is 4. The topological polar surface area (TPSA) is 55.1 Å². The molecule has 0 radical (unpaired) electrons. The summed E-state index contributed by atoms with van der Waals surface area (Å²) in [6.07, 6.45) is 0. The first-order valence-electron chi connectivity index (χ1n) is 5.27. The van der Waals surface area contributed by atoms with Crippen LogP contribution in [0.2, 0.25) is 0 Å². The van der Waals surface area contributed by atoms with Crippen molar-refractivity contribution >= 4 is 22.7 Å². The van der Waals surface area contributed by atoms with Gasteiger partial charge in [0.1, 0.15) is 5.69 Å². The minimum atomic E-state index is -0.0730. The van der Waals surface area contributed by atoms with E-state index in [-0.39, 0.29) is 6.04 Å². The number of para-hydroxylation sites is 1. The summed E-state index contributed by atoms with van der Waals surface area (Å²) in [6.45, 7) is 1.94. The summed E-state index contributed by atoms with van der Waals surface area (Å²) in [5, 5.41) is 11.6. The maximum atomic E-state index is 5.93. The molecule has 17 heavy (non-hydrogen) atoms. The normalized spacial score (nSPS) is 18.2. The molecule has 1 atom stereocenters. The zero-order valence-electron chi connectivity index (χ0n) is 9.13. The lowest BCUT2D eigenvalue weighted by Crippen LogP contribution is -2.16. The van der Waals surface area contributed by atoms with Crippen LogP contribution in [0.4, 0.5) is 5.82 Å². The molecule has 0 amide bonds. The van der Waals surface area contributed by atoms with Crippen LogP contribution in [0.15, 0.2) is 35.3 Å². The molecule has 0 bridgehead atoms. The number of hydrogen-bond donors (Lipinski definition) is 1. The molecule has 5 nitrogen and oxygen atoms in total. The molecule has 1 aliphatic heterocycles. The Morgan fingerprint density at radius 1 is 1.29 bits per heavy atom. The number of nitrogens with one attached hydrogen (secondary N) is 1. The first-order valence-corrected chi connectivity index (χ1v) is 5.65. The molecule has 0 fully saturated rings. The van der Waals surface area contributed by atoms with Gasteiger partial charge in [0.05, 0.1) is 11.7 Å². The summed E-state index contributed by atoms with van der Waals surface area (Å²) in [4.78, 5) is 4.19. The highest BCUT2D eigenvalue weighted by Gasteiger charge is 2.24. The molecule has 0 aliphatic carbocycles. The largest absolute Gasteiger partial charge is 0.314 e. The highest BCUT2D eigenvalue weighted by Crippen LogP contribution is 2.29. The second-order valence-electron chi connectivity index (χ2n) is 3.79. The minimum absolute atomic E-state index is 0.0730. The monoisotopic (exact) mass is 247 g/mol. The molecule has 0 saturated heterocycles. The van der Waals surface area contributed by atoms with Gasteiger partial charge >= 0.3 is 0 Å². The Bertz CT molecular complexity index is 575. The van der Waals surface area contributed by atoms with Gasteiger partial charge in [0.2, 0.25) is 0 Å². The van der Waals surface area contributed by atoms with E-state index in [0.717, 1.165) is 17.2 Å². The molecule has 6 heteroatoms. The Morgan fingerprint density at radius 2 is 2.06 bits per heavy atom. The maximum Gasteiger partial charge on any atom is 0.197 e. The number of fused-ring (bicyclic) bond motifs is 1. The van der Waals surface area contributed by atoms with Gasteiger partial charge in [-0.05, 0) is 30.7 Å². The summed E-state index contributed by atoms with van der Waals surface area (Å²) in [5.74, 6) is 0.781. The van der Waals surface area contributed by atoms with Crippen LogP contribution in [0, 0.1) is 0 Å². The highest BCUT2D eigenvalue weighted by molar-refractivity contribution is 6.67. The van der Waals surface area contributed by atoms with Crippen LogP contribution in [0.1, 0.15) is 18.7 Å². The fourth-order valence-electron chi connectivity index (χ4n) is 1.80. The summed E-state index contributed by atoms with van der Waals surface area (Å²) in [5.41, 5.74) is 1.74. The second-order valence-corrected chi connectivity index (χ2v) is 4.15. The number of benzene rings is 1. The fourth-order valence-corrected chi connectivity index (χ4v) is 2.04. The van der Waals surface area contributed by atoms with Gasteiger partial charge in [-0.25, -0.2) is 4.99 Å². The number of nitrogens with zero attached hydrogens (tertiary/aromatic N) is 4. The minimum Gasteiger partial charge on any atom is -0.314 e. The van der Waals surface area contributed by atoms with Crippen molar-refractivity contribution in [2.75, 3.05) is 5.32 Å². The van der Waals surface area contributed by atoms with Crippen LogP contribution in [-0.4, -0.2) is 20.3 Å². The van der Waals surface area contributed by atoms with Crippen LogP contribution in [0.5, 0.6) is 0 Å². The van der Waals surface area contributed by atoms with Crippen LogP contribution < -0.4 is 5.32 Å². The number of rotatable bonds is 1. The van der Waals surface area contributed by atoms with E-state index in [1.807, 2.05) is 37.3 Å². The average Bonchev–Trinajstić information content (AvgIpc) is 2.74. The van der Waals surface area contributed by atoms with E-state index in [2.05, 4.69) is 20.6 Å². The molecule has 1 aliphatic rings. The summed E-state index contributed by atoms with van der Waals surface area (Å²) in [7, 11) is 0. The summed E-state index contributed by atoms with van der Waals surface area (Å²) in [6, 6.07) is 9.70. The number of halogens is 1. The Hall–Kier alpha value is -1.88. The van der Waals surface area contributed by atoms with E-state index in [1.54, 1.807) is 4.68 Å². The van der Waals surface area contributed by atoms with Gasteiger partial charge in [-0.3, -0.25) is 0 Å². The van der Waals surface area contributed by atoms with Crippen LogP contribution in [-0.2, 0) is 0 Å². The molecule has 3 rings (SSSR count). The zero-order valence-corrected chi connectivity index (χ0v) is 9.89. The Labute approximate surface area is 103 Å². The molecular formula is C11H10ClN5. The second kappa shape index (κ2) is 3.85. The fraction of sp³-hybridized carbons (Fsp3) is 0.182. The van der Waals surface area contributed by atoms with Crippen molar-refractivity contribution in [3.63, 3.8) is 0 Å². The van der Waals surface area contributed by atoms with E-state index < -0.39 is 0 Å². The van der Waals surface area contributed by atoms with E-state index in [0.29, 0.717) is 5.29 Å². The van der Waals surface area contributed by atoms with Gasteiger partial charge in [-0.15, -0.1) is 5.10 Å². The Balaban J connectivity index is 2.12. The third-order valence-corrected chi connectivity index (χ3v) is 2.81. The third kappa shape index (κ3) is 1.68. The molecule has 86 valence electrons. The van der Waals surface area contributed by atoms with Gasteiger partial charge in [0.25, 0.3) is 0 Å². The molecule has 2 heterocycles. The van der Waals surface area contributed by atoms with Gasteiger partial charge in [-0.2, -0.15) is 4.68 Å². The molecule has 2 aromatic rings. The molecule has 1 N–H and O–H groups in total. The van der Waals surface area contributed by atoms with Gasteiger partial charge in [-0.1, -0.05) is 23.4 Å². The predicted molar refractivity (Wildman–Crippen MR) is 66.7 cm³/mol. The SMILES string of the molecule is CC1N=C(Cl)Nc2c1nnn2-c1ccccc1. The van der Waals surface area contributed by atoms with Crippen molar-refractivity contribution in [1.29, 1.82) is 0 Å². The summed E-state index contributed by atoms with van der Waals surface area (Å²) < 4.78 is 1.73. The van der Waals surface area contributed by atoms with Crippen molar-refractivity contribution in [3.05, 3.63) is 36.0 Å². The lowest BCUT2D eigenvalue weighted by molar-refractivity contribution is 0.759. The van der Waals surface area contributed by atoms with E-state index >= 15 is 0 Å². The van der Waals surface area contributed by atoms with Crippen molar-refractivity contribution in [3.8, 4) is 5.69 Å². The summed E-state index contributed by atoms with van der Waals surface area (Å²) >= 11 is 5.93. The predicted octanol–water partition coefficient (Wildman–Crippen LogP) is 2.35. The number of anilines is 1. The van der Waals surface area contributed by atoms with Crippen molar-refractivity contribution in [2.45, 2.75) is 13.0 Å². The van der Waals surface area contributed by atoms with Crippen LogP contribution in [0.3, 0.4) is 0 Å². The molecule has 1 aromatic heterocycles.